The van der Waals surface area contributed by atoms with Gasteiger partial charge in [-0.15, -0.1) is 0 Å². The zero-order valence-electron chi connectivity index (χ0n) is 17.8. The van der Waals surface area contributed by atoms with Crippen LogP contribution in [0.1, 0.15) is 0 Å². The summed E-state index contributed by atoms with van der Waals surface area (Å²) in [6.07, 6.45) is 0. The molecule has 3 N–H and O–H groups in total. The summed E-state index contributed by atoms with van der Waals surface area (Å²) in [4.78, 5) is 1.24. The van der Waals surface area contributed by atoms with Crippen molar-refractivity contribution in [1.82, 2.24) is 5.32 Å². The molecule has 4 rings (SSSR count). The molecule has 1 heterocycles. The molecular formula is C22H22F2N4O4S2. The Balaban J connectivity index is 1.74. The van der Waals surface area contributed by atoms with Gasteiger partial charge in [0.15, 0.2) is 0 Å². The number of rotatable bonds is 7. The van der Waals surface area contributed by atoms with Crippen LogP contribution >= 0.6 is 0 Å². The fourth-order valence-corrected chi connectivity index (χ4v) is 5.75. The lowest BCUT2D eigenvalue weighted by Gasteiger charge is -2.30. The van der Waals surface area contributed by atoms with Crippen LogP contribution in [0.2, 0.25) is 0 Å². The van der Waals surface area contributed by atoms with Crippen LogP contribution in [0.4, 0.5) is 25.8 Å². The zero-order chi connectivity index (χ0) is 24.3. The summed E-state index contributed by atoms with van der Waals surface area (Å²) in [6.45, 7) is 2.83. The van der Waals surface area contributed by atoms with Crippen LogP contribution in [0.5, 0.6) is 0 Å². The van der Waals surface area contributed by atoms with Crippen LogP contribution in [0.25, 0.3) is 0 Å². The highest BCUT2D eigenvalue weighted by molar-refractivity contribution is 7.93. The van der Waals surface area contributed by atoms with E-state index in [0.29, 0.717) is 24.8 Å². The number of piperazine rings is 1. The number of anilines is 3. The van der Waals surface area contributed by atoms with Gasteiger partial charge in [0.2, 0.25) is 0 Å². The molecule has 12 heteroatoms. The van der Waals surface area contributed by atoms with E-state index in [-0.39, 0.29) is 16.3 Å². The Morgan fingerprint density at radius 3 is 2.12 bits per heavy atom. The predicted octanol–water partition coefficient (Wildman–Crippen LogP) is 2.98. The van der Waals surface area contributed by atoms with E-state index in [1.54, 1.807) is 24.3 Å². The van der Waals surface area contributed by atoms with E-state index in [0.717, 1.165) is 25.2 Å². The summed E-state index contributed by atoms with van der Waals surface area (Å²) in [5.74, 6) is -2.19. The fourth-order valence-electron chi connectivity index (χ4n) is 3.52. The monoisotopic (exact) mass is 508 g/mol. The molecule has 1 aliphatic heterocycles. The lowest BCUT2D eigenvalue weighted by Crippen LogP contribution is -2.43. The molecule has 8 nitrogen and oxygen atoms in total. The van der Waals surface area contributed by atoms with Crippen molar-refractivity contribution in [3.63, 3.8) is 0 Å². The molecule has 34 heavy (non-hydrogen) atoms. The second-order valence-electron chi connectivity index (χ2n) is 7.57. The van der Waals surface area contributed by atoms with Gasteiger partial charge in [-0.3, -0.25) is 9.44 Å². The highest BCUT2D eigenvalue weighted by Gasteiger charge is 2.24. The predicted molar refractivity (Wildman–Crippen MR) is 126 cm³/mol. The standard InChI is InChI=1S/C22H22F2N4O4S2/c23-16-6-9-22(19(24)14-16)34(31,32)26-20-8-7-17(28-12-10-25-11-13-28)15-21(20)27-33(29,30)18-4-2-1-3-5-18/h1-9,14-15,25-27H,10-13H2. The van der Waals surface area contributed by atoms with Crippen LogP contribution in [0.3, 0.4) is 0 Å². The minimum Gasteiger partial charge on any atom is -0.369 e. The Kier molecular flexibility index (Phi) is 6.73. The second kappa shape index (κ2) is 9.57. The Morgan fingerprint density at radius 2 is 1.44 bits per heavy atom. The number of hydrogen-bond donors (Lipinski definition) is 3. The average molecular weight is 509 g/mol. The van der Waals surface area contributed by atoms with Crippen molar-refractivity contribution in [3.8, 4) is 0 Å². The SMILES string of the molecule is O=S(=O)(Nc1cc(N2CCNCC2)ccc1NS(=O)(=O)c1ccc(F)cc1F)c1ccccc1. The number of benzene rings is 3. The van der Waals surface area contributed by atoms with E-state index >= 15 is 0 Å². The maximum atomic E-state index is 14.2. The topological polar surface area (TPSA) is 108 Å². The van der Waals surface area contributed by atoms with Crippen molar-refractivity contribution < 1.29 is 25.6 Å². The first-order chi connectivity index (χ1) is 16.2. The third-order valence-corrected chi connectivity index (χ3v) is 7.99. The van der Waals surface area contributed by atoms with Gasteiger partial charge in [0.1, 0.15) is 16.5 Å². The summed E-state index contributed by atoms with van der Waals surface area (Å²) < 4.78 is 83.7. The van der Waals surface area contributed by atoms with Gasteiger partial charge in [0.25, 0.3) is 20.0 Å². The summed E-state index contributed by atoms with van der Waals surface area (Å²) in [6, 6.07) is 14.2. The van der Waals surface area contributed by atoms with Crippen LogP contribution in [0, 0.1) is 11.6 Å². The van der Waals surface area contributed by atoms with E-state index < -0.39 is 36.6 Å². The molecule has 0 spiro atoms. The highest BCUT2D eigenvalue weighted by Crippen LogP contribution is 2.32. The van der Waals surface area contributed by atoms with Gasteiger partial charge in [-0.1, -0.05) is 18.2 Å². The van der Waals surface area contributed by atoms with Gasteiger partial charge in [-0.2, -0.15) is 0 Å². The van der Waals surface area contributed by atoms with Crippen molar-refractivity contribution in [3.05, 3.63) is 78.4 Å². The van der Waals surface area contributed by atoms with Crippen LogP contribution in [-0.4, -0.2) is 43.0 Å². The first kappa shape index (κ1) is 23.9. The average Bonchev–Trinajstić information content (AvgIpc) is 2.81. The molecule has 0 saturated carbocycles. The molecule has 0 aliphatic carbocycles. The molecular weight excluding hydrogens is 486 g/mol. The molecule has 1 fully saturated rings. The summed E-state index contributed by atoms with van der Waals surface area (Å²) >= 11 is 0. The van der Waals surface area contributed by atoms with Crippen molar-refractivity contribution >= 4 is 37.1 Å². The molecule has 0 amide bonds. The minimum absolute atomic E-state index is 0.0130. The Morgan fingerprint density at radius 1 is 0.765 bits per heavy atom. The summed E-state index contributed by atoms with van der Waals surface area (Å²) in [5.41, 5.74) is 0.538. The second-order valence-corrected chi connectivity index (χ2v) is 10.9. The number of halogens is 2. The number of nitrogens with zero attached hydrogens (tertiary/aromatic N) is 1. The van der Waals surface area contributed by atoms with Gasteiger partial charge in [0.05, 0.1) is 16.3 Å². The van der Waals surface area contributed by atoms with Crippen LogP contribution in [-0.2, 0) is 20.0 Å². The Bertz CT molecular complexity index is 1400. The van der Waals surface area contributed by atoms with Gasteiger partial charge in [-0.25, -0.2) is 25.6 Å². The third-order valence-electron chi connectivity index (χ3n) is 5.21. The minimum atomic E-state index is -4.49. The molecule has 0 bridgehead atoms. The molecule has 1 aliphatic rings. The highest BCUT2D eigenvalue weighted by atomic mass is 32.2. The summed E-state index contributed by atoms with van der Waals surface area (Å²) in [5, 5.41) is 3.22. The number of hydrogen-bond acceptors (Lipinski definition) is 6. The zero-order valence-corrected chi connectivity index (χ0v) is 19.5. The van der Waals surface area contributed by atoms with Crippen molar-refractivity contribution in [1.29, 1.82) is 0 Å². The van der Waals surface area contributed by atoms with Gasteiger partial charge >= 0.3 is 0 Å². The van der Waals surface area contributed by atoms with Crippen LogP contribution < -0.4 is 19.7 Å². The largest absolute Gasteiger partial charge is 0.369 e. The van der Waals surface area contributed by atoms with Gasteiger partial charge < -0.3 is 10.2 Å². The molecule has 1 saturated heterocycles. The Labute approximate surface area is 196 Å². The molecule has 0 unspecified atom stereocenters. The maximum Gasteiger partial charge on any atom is 0.264 e. The van der Waals surface area contributed by atoms with Crippen LogP contribution in [0.15, 0.2) is 76.5 Å². The Hall–Kier alpha value is -3.22. The lowest BCUT2D eigenvalue weighted by atomic mass is 10.2. The maximum absolute atomic E-state index is 14.2. The molecule has 180 valence electrons. The van der Waals surface area contributed by atoms with Crippen molar-refractivity contribution in [2.24, 2.45) is 0 Å². The van der Waals surface area contributed by atoms with Crippen molar-refractivity contribution in [2.75, 3.05) is 40.5 Å². The molecule has 0 radical (unpaired) electrons. The normalized spacial score (nSPS) is 14.6. The molecule has 3 aromatic carbocycles. The number of sulfonamides is 2. The third kappa shape index (κ3) is 5.29. The van der Waals surface area contributed by atoms with Gasteiger partial charge in [0, 0.05) is 37.9 Å². The van der Waals surface area contributed by atoms with E-state index in [4.69, 9.17) is 0 Å². The smallest absolute Gasteiger partial charge is 0.264 e. The first-order valence-corrected chi connectivity index (χ1v) is 13.3. The quantitative estimate of drug-likeness (QED) is 0.453. The van der Waals surface area contributed by atoms with Crippen molar-refractivity contribution in [2.45, 2.75) is 9.79 Å². The van der Waals surface area contributed by atoms with Gasteiger partial charge in [-0.05, 0) is 42.5 Å². The fraction of sp³-hybridized carbons (Fsp3) is 0.182. The molecule has 0 aromatic heterocycles. The summed E-state index contributed by atoms with van der Waals surface area (Å²) in [7, 11) is -8.55. The first-order valence-electron chi connectivity index (χ1n) is 10.3. The molecule has 3 aromatic rings. The molecule has 0 atom stereocenters. The number of nitrogens with one attached hydrogen (secondary N) is 3. The van der Waals surface area contributed by atoms with E-state index in [9.17, 15) is 25.6 Å². The lowest BCUT2D eigenvalue weighted by molar-refractivity contribution is 0.551. The van der Waals surface area contributed by atoms with E-state index in [1.165, 1.54) is 24.3 Å². The van der Waals surface area contributed by atoms with E-state index in [1.807, 2.05) is 4.90 Å². The van der Waals surface area contributed by atoms with E-state index in [2.05, 4.69) is 14.8 Å².